The second kappa shape index (κ2) is 4.41. The molecule has 0 atom stereocenters. The second-order valence-corrected chi connectivity index (χ2v) is 4.12. The number of anilines is 1. The number of hydrogen-bond acceptors (Lipinski definition) is 2. The van der Waals surface area contributed by atoms with E-state index in [-0.39, 0.29) is 0 Å². The van der Waals surface area contributed by atoms with Crippen LogP contribution < -0.4 is 10.5 Å². The van der Waals surface area contributed by atoms with Crippen molar-refractivity contribution >= 4 is 16.5 Å². The molecule has 0 radical (unpaired) electrons. The van der Waals surface area contributed by atoms with Gasteiger partial charge in [0, 0.05) is 5.39 Å². The van der Waals surface area contributed by atoms with Crippen molar-refractivity contribution in [2.75, 3.05) is 5.73 Å². The normalized spacial score (nSPS) is 10.4. The fourth-order valence-electron chi connectivity index (χ4n) is 1.98. The van der Waals surface area contributed by atoms with Gasteiger partial charge in [0.15, 0.2) is 5.75 Å². The van der Waals surface area contributed by atoms with E-state index in [2.05, 4.69) is 0 Å². The Morgan fingerprint density at radius 1 is 0.722 bits per heavy atom. The third-order valence-electron chi connectivity index (χ3n) is 2.87. The van der Waals surface area contributed by atoms with Crippen LogP contribution in [0, 0.1) is 0 Å². The molecule has 0 aliphatic rings. The van der Waals surface area contributed by atoms with Crippen LogP contribution in [-0.2, 0) is 0 Å². The van der Waals surface area contributed by atoms with Crippen LogP contribution >= 0.6 is 0 Å². The summed E-state index contributed by atoms with van der Waals surface area (Å²) in [5, 5.41) is 2.15. The molecule has 0 amide bonds. The van der Waals surface area contributed by atoms with Crippen molar-refractivity contribution in [1.82, 2.24) is 0 Å². The molecule has 0 spiro atoms. The lowest BCUT2D eigenvalue weighted by Gasteiger charge is -2.11. The zero-order chi connectivity index (χ0) is 12.4. The van der Waals surface area contributed by atoms with Crippen LogP contribution in [0.4, 0.5) is 5.69 Å². The molecule has 0 aliphatic heterocycles. The second-order valence-electron chi connectivity index (χ2n) is 4.12. The molecule has 88 valence electrons. The van der Waals surface area contributed by atoms with Gasteiger partial charge in [0.1, 0.15) is 5.75 Å². The van der Waals surface area contributed by atoms with Crippen LogP contribution in [0.3, 0.4) is 0 Å². The molecule has 2 N–H and O–H groups in total. The topological polar surface area (TPSA) is 35.2 Å². The Morgan fingerprint density at radius 3 is 2.28 bits per heavy atom. The maximum Gasteiger partial charge on any atom is 0.158 e. The largest absolute Gasteiger partial charge is 0.455 e. The first-order chi connectivity index (χ1) is 8.84. The summed E-state index contributed by atoms with van der Waals surface area (Å²) in [5.74, 6) is 1.51. The third-order valence-corrected chi connectivity index (χ3v) is 2.87. The van der Waals surface area contributed by atoms with Gasteiger partial charge in [-0.25, -0.2) is 0 Å². The lowest BCUT2D eigenvalue weighted by molar-refractivity contribution is 0.490. The van der Waals surface area contributed by atoms with Crippen molar-refractivity contribution in [2.45, 2.75) is 0 Å². The Balaban J connectivity index is 2.13. The Hall–Kier alpha value is -2.48. The van der Waals surface area contributed by atoms with Crippen molar-refractivity contribution < 1.29 is 4.74 Å². The molecule has 3 aromatic rings. The highest BCUT2D eigenvalue weighted by atomic mass is 16.5. The highest BCUT2D eigenvalue weighted by molar-refractivity contribution is 5.93. The average molecular weight is 235 g/mol. The summed E-state index contributed by atoms with van der Waals surface area (Å²) in [6, 6.07) is 21.6. The summed E-state index contributed by atoms with van der Waals surface area (Å²) in [6.45, 7) is 0. The van der Waals surface area contributed by atoms with E-state index >= 15 is 0 Å². The highest BCUT2D eigenvalue weighted by Crippen LogP contribution is 2.35. The number of nitrogen functional groups attached to an aromatic ring is 1. The van der Waals surface area contributed by atoms with Crippen LogP contribution in [0.25, 0.3) is 10.8 Å². The van der Waals surface area contributed by atoms with Gasteiger partial charge in [0.05, 0.1) is 5.69 Å². The fraction of sp³-hybridized carbons (Fsp3) is 0. The highest BCUT2D eigenvalue weighted by Gasteiger charge is 2.07. The monoisotopic (exact) mass is 235 g/mol. The van der Waals surface area contributed by atoms with Gasteiger partial charge >= 0.3 is 0 Å². The molecule has 2 heteroatoms. The van der Waals surface area contributed by atoms with Crippen molar-refractivity contribution in [3.05, 3.63) is 66.7 Å². The van der Waals surface area contributed by atoms with E-state index in [1.807, 2.05) is 66.7 Å². The number of fused-ring (bicyclic) bond motifs is 1. The standard InChI is InChI=1S/C16H13NO/c17-15-11-10-12-6-4-5-9-14(12)16(15)18-13-7-2-1-3-8-13/h1-11H,17H2. The quantitative estimate of drug-likeness (QED) is 0.675. The lowest BCUT2D eigenvalue weighted by atomic mass is 10.1. The number of rotatable bonds is 2. The Labute approximate surface area is 106 Å². The van der Waals surface area contributed by atoms with E-state index in [0.29, 0.717) is 5.69 Å². The van der Waals surface area contributed by atoms with E-state index < -0.39 is 0 Å². The number of ether oxygens (including phenoxy) is 1. The Kier molecular flexibility index (Phi) is 2.61. The molecule has 3 rings (SSSR count). The summed E-state index contributed by atoms with van der Waals surface area (Å²) in [6.07, 6.45) is 0. The minimum absolute atomic E-state index is 0.651. The molecule has 0 aliphatic carbocycles. The molecule has 0 heterocycles. The molecule has 0 aromatic heterocycles. The van der Waals surface area contributed by atoms with Crippen molar-refractivity contribution in [2.24, 2.45) is 0 Å². The SMILES string of the molecule is Nc1ccc2ccccc2c1Oc1ccccc1. The summed E-state index contributed by atoms with van der Waals surface area (Å²) in [5.41, 5.74) is 6.66. The zero-order valence-electron chi connectivity index (χ0n) is 9.84. The number of benzene rings is 3. The Bertz CT molecular complexity index is 677. The van der Waals surface area contributed by atoms with Crippen LogP contribution in [0.5, 0.6) is 11.5 Å². The van der Waals surface area contributed by atoms with E-state index in [1.165, 1.54) is 0 Å². The number of nitrogens with two attached hydrogens (primary N) is 1. The molecular formula is C16H13NO. The summed E-state index contributed by atoms with van der Waals surface area (Å²) < 4.78 is 5.90. The molecular weight excluding hydrogens is 222 g/mol. The Morgan fingerprint density at radius 2 is 1.44 bits per heavy atom. The van der Waals surface area contributed by atoms with Gasteiger partial charge in [0.25, 0.3) is 0 Å². The van der Waals surface area contributed by atoms with Gasteiger partial charge in [-0.1, -0.05) is 48.5 Å². The molecule has 2 nitrogen and oxygen atoms in total. The first-order valence-corrected chi connectivity index (χ1v) is 5.85. The third kappa shape index (κ3) is 1.89. The van der Waals surface area contributed by atoms with Gasteiger partial charge in [-0.2, -0.15) is 0 Å². The molecule has 0 fully saturated rings. The molecule has 0 unspecified atom stereocenters. The summed E-state index contributed by atoms with van der Waals surface area (Å²) >= 11 is 0. The predicted octanol–water partition coefficient (Wildman–Crippen LogP) is 4.21. The minimum atomic E-state index is 0.651. The molecule has 18 heavy (non-hydrogen) atoms. The minimum Gasteiger partial charge on any atom is -0.455 e. The predicted molar refractivity (Wildman–Crippen MR) is 74.9 cm³/mol. The molecule has 0 bridgehead atoms. The van der Waals surface area contributed by atoms with Gasteiger partial charge in [-0.05, 0) is 23.6 Å². The smallest absolute Gasteiger partial charge is 0.158 e. The van der Waals surface area contributed by atoms with E-state index in [4.69, 9.17) is 10.5 Å². The van der Waals surface area contributed by atoms with Crippen molar-refractivity contribution in [3.63, 3.8) is 0 Å². The summed E-state index contributed by atoms with van der Waals surface area (Å²) in [4.78, 5) is 0. The average Bonchev–Trinajstić information content (AvgIpc) is 2.43. The fourth-order valence-corrected chi connectivity index (χ4v) is 1.98. The van der Waals surface area contributed by atoms with Crippen LogP contribution in [0.1, 0.15) is 0 Å². The van der Waals surface area contributed by atoms with Crippen molar-refractivity contribution in [1.29, 1.82) is 0 Å². The van der Waals surface area contributed by atoms with Crippen LogP contribution in [-0.4, -0.2) is 0 Å². The summed E-state index contributed by atoms with van der Waals surface area (Å²) in [7, 11) is 0. The van der Waals surface area contributed by atoms with Gasteiger partial charge in [0.2, 0.25) is 0 Å². The molecule has 3 aromatic carbocycles. The number of hydrogen-bond donors (Lipinski definition) is 1. The number of para-hydroxylation sites is 1. The maximum absolute atomic E-state index is 6.01. The molecule has 0 saturated heterocycles. The van der Waals surface area contributed by atoms with Crippen LogP contribution in [0.15, 0.2) is 66.7 Å². The maximum atomic E-state index is 6.01. The van der Waals surface area contributed by atoms with Gasteiger partial charge in [-0.15, -0.1) is 0 Å². The van der Waals surface area contributed by atoms with E-state index in [1.54, 1.807) is 0 Å². The van der Waals surface area contributed by atoms with E-state index in [9.17, 15) is 0 Å². The first kappa shape index (κ1) is 10.7. The van der Waals surface area contributed by atoms with Gasteiger partial charge in [-0.3, -0.25) is 0 Å². The van der Waals surface area contributed by atoms with Crippen molar-refractivity contribution in [3.8, 4) is 11.5 Å². The lowest BCUT2D eigenvalue weighted by Crippen LogP contribution is -1.93. The zero-order valence-corrected chi connectivity index (χ0v) is 9.84. The van der Waals surface area contributed by atoms with E-state index in [0.717, 1.165) is 22.3 Å². The molecule has 0 saturated carbocycles. The van der Waals surface area contributed by atoms with Gasteiger partial charge < -0.3 is 10.5 Å². The van der Waals surface area contributed by atoms with Crippen LogP contribution in [0.2, 0.25) is 0 Å². The first-order valence-electron chi connectivity index (χ1n) is 5.85.